The number of rotatable bonds is 5. The minimum atomic E-state index is -0.279. The summed E-state index contributed by atoms with van der Waals surface area (Å²) in [4.78, 5) is 12.6. The van der Waals surface area contributed by atoms with E-state index in [0.29, 0.717) is 23.5 Å². The van der Waals surface area contributed by atoms with Crippen molar-refractivity contribution >= 4 is 11.9 Å². The van der Waals surface area contributed by atoms with E-state index in [0.717, 1.165) is 11.1 Å². The van der Waals surface area contributed by atoms with Gasteiger partial charge in [-0.1, -0.05) is 41.5 Å². The van der Waals surface area contributed by atoms with Gasteiger partial charge in [0.05, 0.1) is 12.2 Å². The summed E-state index contributed by atoms with van der Waals surface area (Å²) in [6, 6.07) is 8.10. The van der Waals surface area contributed by atoms with Gasteiger partial charge in [-0.2, -0.15) is 0 Å². The number of carbonyl (C=O) groups is 1. The molecule has 0 atom stereocenters. The summed E-state index contributed by atoms with van der Waals surface area (Å²) in [5.41, 5.74) is 2.28. The quantitative estimate of drug-likeness (QED) is 0.481. The van der Waals surface area contributed by atoms with Crippen LogP contribution in [-0.4, -0.2) is 22.6 Å². The van der Waals surface area contributed by atoms with Crippen LogP contribution in [-0.2, 0) is 10.8 Å². The molecule has 0 radical (unpaired) electrons. The monoisotopic (exact) mass is 396 g/mol. The van der Waals surface area contributed by atoms with Crippen molar-refractivity contribution in [3.8, 4) is 17.2 Å². The minimum Gasteiger partial charge on any atom is -0.508 e. The highest BCUT2D eigenvalue weighted by Crippen LogP contribution is 2.45. The zero-order valence-corrected chi connectivity index (χ0v) is 18.5. The van der Waals surface area contributed by atoms with Crippen molar-refractivity contribution in [2.45, 2.75) is 59.3 Å². The highest BCUT2D eigenvalue weighted by molar-refractivity contribution is 6.07. The molecule has 0 spiro atoms. The molecular formula is C25H32O4. The molecule has 0 amide bonds. The summed E-state index contributed by atoms with van der Waals surface area (Å²) in [5.74, 6) is 0.615. The van der Waals surface area contributed by atoms with Crippen LogP contribution in [0.3, 0.4) is 0 Å². The van der Waals surface area contributed by atoms with Crippen molar-refractivity contribution in [3.63, 3.8) is 0 Å². The van der Waals surface area contributed by atoms with Gasteiger partial charge in [-0.3, -0.25) is 4.79 Å². The lowest BCUT2D eigenvalue weighted by molar-refractivity contribution is 0.104. The number of carbonyl (C=O) groups excluding carboxylic acids is 1. The number of benzene rings is 2. The Kier molecular flexibility index (Phi) is 6.46. The SMILES string of the molecule is CCOc1c(C(C)(C)C)cc(C(C)(C)C)c(O)c1/C=C/C(=O)c1ccc(O)cc1. The Bertz CT molecular complexity index is 908. The van der Waals surface area contributed by atoms with Gasteiger partial charge in [0, 0.05) is 16.7 Å². The molecule has 4 heteroatoms. The normalized spacial score (nSPS) is 12.4. The molecule has 0 aromatic heterocycles. The maximum atomic E-state index is 12.6. The molecule has 0 saturated carbocycles. The Hall–Kier alpha value is -2.75. The summed E-state index contributed by atoms with van der Waals surface area (Å²) in [6.07, 6.45) is 3.06. The number of aromatic hydroxyl groups is 2. The van der Waals surface area contributed by atoms with Crippen LogP contribution in [0.2, 0.25) is 0 Å². The Morgan fingerprint density at radius 2 is 1.52 bits per heavy atom. The molecule has 0 bridgehead atoms. The molecule has 0 aliphatic rings. The summed E-state index contributed by atoms with van der Waals surface area (Å²) >= 11 is 0. The van der Waals surface area contributed by atoms with Gasteiger partial charge in [-0.25, -0.2) is 0 Å². The van der Waals surface area contributed by atoms with Crippen LogP contribution in [0.4, 0.5) is 0 Å². The molecule has 0 unspecified atom stereocenters. The lowest BCUT2D eigenvalue weighted by Gasteiger charge is -2.29. The Morgan fingerprint density at radius 1 is 0.966 bits per heavy atom. The Labute approximate surface area is 173 Å². The molecule has 0 fully saturated rings. The summed E-state index contributed by atoms with van der Waals surface area (Å²) < 4.78 is 5.94. The third-order valence-electron chi connectivity index (χ3n) is 4.75. The molecule has 0 heterocycles. The van der Waals surface area contributed by atoms with E-state index in [1.54, 1.807) is 18.2 Å². The van der Waals surface area contributed by atoms with Crippen LogP contribution in [0.1, 0.15) is 75.5 Å². The lowest BCUT2D eigenvalue weighted by Crippen LogP contribution is -2.19. The molecular weight excluding hydrogens is 364 g/mol. The molecule has 156 valence electrons. The second-order valence-electron chi connectivity index (χ2n) is 9.24. The number of ketones is 1. The van der Waals surface area contributed by atoms with Crippen molar-refractivity contribution in [3.05, 3.63) is 58.7 Å². The minimum absolute atomic E-state index is 0.106. The number of phenols is 2. The Balaban J connectivity index is 2.66. The van der Waals surface area contributed by atoms with E-state index in [2.05, 4.69) is 20.8 Å². The zero-order chi connectivity index (χ0) is 22.0. The van der Waals surface area contributed by atoms with E-state index in [-0.39, 0.29) is 28.1 Å². The zero-order valence-electron chi connectivity index (χ0n) is 18.5. The first-order valence-corrected chi connectivity index (χ1v) is 9.91. The van der Waals surface area contributed by atoms with Gasteiger partial charge >= 0.3 is 0 Å². The molecule has 0 aliphatic heterocycles. The lowest BCUT2D eigenvalue weighted by atomic mass is 9.78. The summed E-state index contributed by atoms with van der Waals surface area (Å²) in [7, 11) is 0. The van der Waals surface area contributed by atoms with E-state index in [1.165, 1.54) is 18.2 Å². The summed E-state index contributed by atoms with van der Waals surface area (Å²) in [5, 5.41) is 20.5. The van der Waals surface area contributed by atoms with Crippen molar-refractivity contribution < 1.29 is 19.7 Å². The maximum Gasteiger partial charge on any atom is 0.185 e. The first-order chi connectivity index (χ1) is 13.4. The van der Waals surface area contributed by atoms with Gasteiger partial charge in [0.1, 0.15) is 17.2 Å². The highest BCUT2D eigenvalue weighted by Gasteiger charge is 2.29. The van der Waals surface area contributed by atoms with Gasteiger partial charge in [-0.05, 0) is 60.2 Å². The van der Waals surface area contributed by atoms with Crippen molar-refractivity contribution in [2.75, 3.05) is 6.61 Å². The van der Waals surface area contributed by atoms with E-state index in [4.69, 9.17) is 4.74 Å². The average Bonchev–Trinajstić information content (AvgIpc) is 2.59. The fraction of sp³-hybridized carbons (Fsp3) is 0.400. The van der Waals surface area contributed by atoms with Crippen LogP contribution >= 0.6 is 0 Å². The topological polar surface area (TPSA) is 66.8 Å². The molecule has 2 N–H and O–H groups in total. The van der Waals surface area contributed by atoms with Gasteiger partial charge < -0.3 is 14.9 Å². The van der Waals surface area contributed by atoms with Crippen molar-refractivity contribution in [1.29, 1.82) is 0 Å². The average molecular weight is 397 g/mol. The third kappa shape index (κ3) is 5.20. The number of ether oxygens (including phenoxy) is 1. The summed E-state index contributed by atoms with van der Waals surface area (Å²) in [6.45, 7) is 14.8. The molecule has 2 rings (SSSR count). The fourth-order valence-electron chi connectivity index (χ4n) is 3.14. The second kappa shape index (κ2) is 8.32. The van der Waals surface area contributed by atoms with Gasteiger partial charge in [-0.15, -0.1) is 0 Å². The van der Waals surface area contributed by atoms with E-state index < -0.39 is 0 Å². The van der Waals surface area contributed by atoms with E-state index >= 15 is 0 Å². The highest BCUT2D eigenvalue weighted by atomic mass is 16.5. The van der Waals surface area contributed by atoms with Gasteiger partial charge in [0.25, 0.3) is 0 Å². The van der Waals surface area contributed by atoms with Crippen molar-refractivity contribution in [2.24, 2.45) is 0 Å². The molecule has 0 saturated heterocycles. The van der Waals surface area contributed by atoms with Crippen LogP contribution in [0.25, 0.3) is 6.08 Å². The van der Waals surface area contributed by atoms with E-state index in [1.807, 2.05) is 33.8 Å². The standard InChI is InChI=1S/C25H32O4/c1-8-29-23-18(13-14-21(27)16-9-11-17(26)12-10-16)22(28)19(24(2,3)4)15-20(23)25(5,6)7/h9-15,26,28H,8H2,1-7H3/b14-13+. The predicted molar refractivity (Wildman–Crippen MR) is 118 cm³/mol. The predicted octanol–water partition coefficient (Wildman–Crippen LogP) is 5.99. The molecule has 4 nitrogen and oxygen atoms in total. The molecule has 2 aromatic rings. The van der Waals surface area contributed by atoms with Gasteiger partial charge in [0.15, 0.2) is 5.78 Å². The number of hydrogen-bond acceptors (Lipinski definition) is 4. The van der Waals surface area contributed by atoms with Gasteiger partial charge in [0.2, 0.25) is 0 Å². The molecule has 0 aliphatic carbocycles. The van der Waals surface area contributed by atoms with Crippen LogP contribution in [0.5, 0.6) is 17.2 Å². The van der Waals surface area contributed by atoms with Crippen LogP contribution in [0, 0.1) is 0 Å². The molecule has 29 heavy (non-hydrogen) atoms. The van der Waals surface area contributed by atoms with E-state index in [9.17, 15) is 15.0 Å². The number of hydrogen-bond donors (Lipinski definition) is 2. The largest absolute Gasteiger partial charge is 0.508 e. The maximum absolute atomic E-state index is 12.6. The van der Waals surface area contributed by atoms with Crippen molar-refractivity contribution in [1.82, 2.24) is 0 Å². The molecule has 2 aromatic carbocycles. The van der Waals surface area contributed by atoms with Crippen LogP contribution in [0.15, 0.2) is 36.4 Å². The van der Waals surface area contributed by atoms with Crippen LogP contribution < -0.4 is 4.74 Å². The Morgan fingerprint density at radius 3 is 2.00 bits per heavy atom. The number of phenolic OH excluding ortho intramolecular Hbond substituents is 2. The smallest absolute Gasteiger partial charge is 0.185 e. The first kappa shape index (κ1) is 22.5. The fourth-order valence-corrected chi connectivity index (χ4v) is 3.14. The number of allylic oxidation sites excluding steroid dienone is 1. The third-order valence-corrected chi connectivity index (χ3v) is 4.75. The second-order valence-corrected chi connectivity index (χ2v) is 9.24. The first-order valence-electron chi connectivity index (χ1n) is 9.91.